The number of hydrogen-bond acceptors (Lipinski definition) is 11. The lowest BCUT2D eigenvalue weighted by Gasteiger charge is -2.25. The number of ketones is 1. The van der Waals surface area contributed by atoms with Crippen LogP contribution in [0.2, 0.25) is 0 Å². The van der Waals surface area contributed by atoms with Crippen molar-refractivity contribution >= 4 is 58.8 Å². The normalized spacial score (nSPS) is 15.3. The van der Waals surface area contributed by atoms with E-state index in [1.807, 2.05) is 0 Å². The predicted octanol–water partition coefficient (Wildman–Crippen LogP) is 4.35. The Bertz CT molecular complexity index is 2360. The van der Waals surface area contributed by atoms with Gasteiger partial charge in [0.25, 0.3) is 47.3 Å². The molecule has 0 N–H and O–H groups in total. The molecule has 4 aliphatic heterocycles. The van der Waals surface area contributed by atoms with Crippen LogP contribution >= 0.6 is 0 Å². The van der Waals surface area contributed by atoms with E-state index >= 15 is 0 Å². The van der Waals surface area contributed by atoms with Crippen molar-refractivity contribution in [2.45, 2.75) is 20.8 Å². The third-order valence-corrected chi connectivity index (χ3v) is 10.6. The van der Waals surface area contributed by atoms with Crippen LogP contribution in [0.3, 0.4) is 0 Å². The molecule has 0 bridgehead atoms. The fraction of sp³-hybridized carbons (Fsp3) is 0.200. The number of Topliss-reactive ketones (excluding diaryl/α,β-unsaturated/α-hetero) is 1. The van der Waals surface area contributed by atoms with E-state index < -0.39 is 59.1 Å². The van der Waals surface area contributed by atoms with Gasteiger partial charge in [0.2, 0.25) is 0 Å². The Hall–Kier alpha value is -7.86. The van der Waals surface area contributed by atoms with E-state index in [1.54, 1.807) is 111 Å². The van der Waals surface area contributed by atoms with Gasteiger partial charge in [-0.05, 0) is 62.4 Å². The zero-order valence-electron chi connectivity index (χ0n) is 32.5. The highest BCUT2D eigenvalue weighted by Gasteiger charge is 2.43. The van der Waals surface area contributed by atoms with Crippen molar-refractivity contribution in [3.8, 4) is 12.0 Å². The Labute approximate surface area is 343 Å². The minimum Gasteiger partial charge on any atom is -0.304 e. The van der Waals surface area contributed by atoms with E-state index in [-0.39, 0.29) is 54.2 Å². The maximum absolute atomic E-state index is 12.8. The minimum atomic E-state index is -0.857. The second-order valence-electron chi connectivity index (χ2n) is 14.2. The first-order valence-corrected chi connectivity index (χ1v) is 18.8. The molecule has 4 aromatic carbocycles. The van der Waals surface area contributed by atoms with Gasteiger partial charge in [0, 0.05) is 39.0 Å². The third kappa shape index (κ3) is 7.26. The van der Waals surface area contributed by atoms with Gasteiger partial charge in [0.1, 0.15) is 11.9 Å². The number of carbonyl (C=O) groups excluding carboxylic acids is 9. The number of benzene rings is 4. The fourth-order valence-corrected chi connectivity index (χ4v) is 7.35. The molecular formula is C45H35N5O10. The van der Waals surface area contributed by atoms with Crippen LogP contribution in [-0.2, 0) is 9.63 Å². The number of oxime groups is 1. The summed E-state index contributed by atoms with van der Waals surface area (Å²) in [6, 6.07) is 26.0. The Morgan fingerprint density at radius 2 is 0.700 bits per heavy atom. The van der Waals surface area contributed by atoms with E-state index in [0.717, 1.165) is 19.6 Å². The van der Waals surface area contributed by atoms with Gasteiger partial charge in [-0.15, -0.1) is 0 Å². The van der Waals surface area contributed by atoms with Crippen LogP contribution in [-0.4, -0.2) is 105 Å². The van der Waals surface area contributed by atoms with Crippen LogP contribution in [0.15, 0.2) is 102 Å². The monoisotopic (exact) mass is 805 g/mol. The Morgan fingerprint density at radius 1 is 0.467 bits per heavy atom. The van der Waals surface area contributed by atoms with E-state index in [2.05, 4.69) is 17.2 Å². The summed E-state index contributed by atoms with van der Waals surface area (Å²) in [4.78, 5) is 123. The molecule has 0 spiro atoms. The molecular weight excluding hydrogens is 771 g/mol. The van der Waals surface area contributed by atoms with E-state index in [4.69, 9.17) is 4.84 Å². The van der Waals surface area contributed by atoms with E-state index in [0.29, 0.717) is 28.0 Å². The van der Waals surface area contributed by atoms with Gasteiger partial charge < -0.3 is 4.84 Å². The number of fused-ring (bicyclic) bond motifs is 4. The molecule has 0 radical (unpaired) electrons. The van der Waals surface area contributed by atoms with Crippen LogP contribution in [0.4, 0.5) is 0 Å². The van der Waals surface area contributed by atoms with Crippen LogP contribution in [0.1, 0.15) is 104 Å². The highest BCUT2D eigenvalue weighted by atomic mass is 16.6. The highest BCUT2D eigenvalue weighted by Crippen LogP contribution is 2.29. The first-order chi connectivity index (χ1) is 28.8. The third-order valence-electron chi connectivity index (χ3n) is 10.6. The first kappa shape index (κ1) is 40.3. The van der Waals surface area contributed by atoms with Crippen LogP contribution in [0.25, 0.3) is 0 Å². The summed E-state index contributed by atoms with van der Waals surface area (Å²) in [7, 11) is 0. The predicted molar refractivity (Wildman–Crippen MR) is 213 cm³/mol. The maximum atomic E-state index is 12.8. The van der Waals surface area contributed by atoms with Crippen molar-refractivity contribution in [1.82, 2.24) is 19.6 Å². The van der Waals surface area contributed by atoms with Crippen LogP contribution in [0.5, 0.6) is 0 Å². The average Bonchev–Trinajstić information content (AvgIpc) is 3.84. The molecule has 15 heteroatoms. The fourth-order valence-electron chi connectivity index (χ4n) is 7.35. The second kappa shape index (κ2) is 16.5. The highest BCUT2D eigenvalue weighted by molar-refractivity contribution is 6.24. The van der Waals surface area contributed by atoms with Crippen molar-refractivity contribution in [2.75, 3.05) is 26.2 Å². The smallest absolute Gasteiger partial charge is 0.261 e. The second-order valence-corrected chi connectivity index (χ2v) is 14.2. The van der Waals surface area contributed by atoms with Crippen LogP contribution < -0.4 is 0 Å². The molecule has 60 heavy (non-hydrogen) atoms. The van der Waals surface area contributed by atoms with Crippen LogP contribution in [0, 0.1) is 23.9 Å². The number of carbonyl (C=O) groups is 9. The summed E-state index contributed by atoms with van der Waals surface area (Å²) in [6.45, 7) is 4.03. The summed E-state index contributed by atoms with van der Waals surface area (Å²) in [5.41, 5.74) is 2.82. The molecule has 8 amide bonds. The van der Waals surface area contributed by atoms with Gasteiger partial charge in [-0.1, -0.05) is 59.6 Å². The summed E-state index contributed by atoms with van der Waals surface area (Å²) in [5.74, 6) is -2.90. The lowest BCUT2D eigenvalue weighted by Crippen LogP contribution is -2.44. The quantitative estimate of drug-likeness (QED) is 0.0913. The zero-order valence-corrected chi connectivity index (χ0v) is 32.5. The Morgan fingerprint density at radius 3 is 0.917 bits per heavy atom. The number of rotatable bonds is 11. The van der Waals surface area contributed by atoms with Crippen molar-refractivity contribution < 1.29 is 48.0 Å². The number of nitrogens with zero attached hydrogens (tertiary/aromatic N) is 5. The minimum absolute atomic E-state index is 0.0714. The number of amides is 8. The standard InChI is InChI=1S/C24H19N3O5.C21H16N2O5/c1-3-12-32-25-15(2)16(13-26-21(28)17-8-4-5-9-18(17)22(26)29)14-27-23(30)19-10-6-7-11-20(19)24(27)31;1-12(24)13(10-22-18(25)14-6-2-3-7-15(14)19(22)26)11-23-20(27)16-8-4-5-9-17(16)21(23)28/h4-11,16H,13-14H2,1-2H3;2-9,13H,10-11H2,1H3. The molecule has 300 valence electrons. The summed E-state index contributed by atoms with van der Waals surface area (Å²) in [5, 5.41) is 3.94. The maximum Gasteiger partial charge on any atom is 0.261 e. The SMILES string of the molecule is CC#CON=C(C)C(CN1C(=O)c2ccccc2C1=O)CN1C(=O)c2ccccc2C1=O.CC(=O)C(CN1C(=O)c2ccccc2C1=O)CN1C(=O)c2ccccc2C1=O. The molecule has 0 aliphatic carbocycles. The molecule has 0 unspecified atom stereocenters. The van der Waals surface area contributed by atoms with Crippen molar-refractivity contribution in [1.29, 1.82) is 0 Å². The lowest BCUT2D eigenvalue weighted by molar-refractivity contribution is -0.121. The molecule has 0 saturated heterocycles. The van der Waals surface area contributed by atoms with E-state index in [1.165, 1.54) is 6.92 Å². The summed E-state index contributed by atoms with van der Waals surface area (Å²) in [6.07, 6.45) is 2.35. The Balaban J connectivity index is 0.000000183. The molecule has 0 saturated carbocycles. The number of hydrogen-bond donors (Lipinski definition) is 0. The molecule has 4 aliphatic rings. The van der Waals surface area contributed by atoms with Crippen molar-refractivity contribution in [3.63, 3.8) is 0 Å². The molecule has 0 fully saturated rings. The largest absolute Gasteiger partial charge is 0.304 e. The lowest BCUT2D eigenvalue weighted by atomic mass is 10.0. The van der Waals surface area contributed by atoms with Gasteiger partial charge in [-0.3, -0.25) is 62.8 Å². The molecule has 4 heterocycles. The molecule has 0 atom stereocenters. The molecule has 0 aromatic heterocycles. The first-order valence-electron chi connectivity index (χ1n) is 18.8. The molecule has 8 rings (SSSR count). The van der Waals surface area contributed by atoms with Crippen molar-refractivity contribution in [3.05, 3.63) is 142 Å². The molecule has 4 aromatic rings. The van der Waals surface area contributed by atoms with Gasteiger partial charge >= 0.3 is 0 Å². The number of imide groups is 4. The van der Waals surface area contributed by atoms with Gasteiger partial charge in [0.15, 0.2) is 0 Å². The van der Waals surface area contributed by atoms with Gasteiger partial charge in [0.05, 0.1) is 56.1 Å². The summed E-state index contributed by atoms with van der Waals surface area (Å²) >= 11 is 0. The summed E-state index contributed by atoms with van der Waals surface area (Å²) < 4.78 is 0. The Kier molecular flexibility index (Phi) is 11.1. The average molecular weight is 806 g/mol. The van der Waals surface area contributed by atoms with Gasteiger partial charge in [-0.2, -0.15) is 0 Å². The van der Waals surface area contributed by atoms with E-state index in [9.17, 15) is 43.2 Å². The van der Waals surface area contributed by atoms with Gasteiger partial charge in [-0.25, -0.2) is 0 Å². The topological polar surface area (TPSA) is 188 Å². The van der Waals surface area contributed by atoms with Crippen molar-refractivity contribution in [2.24, 2.45) is 17.0 Å². The molecule has 15 nitrogen and oxygen atoms in total. The zero-order chi connectivity index (χ0) is 42.8.